The Morgan fingerprint density at radius 3 is 2.84 bits per heavy atom. The number of pyridine rings is 1. The second kappa shape index (κ2) is 6.06. The van der Waals surface area contributed by atoms with Crippen LogP contribution in [0.1, 0.15) is 41.7 Å². The van der Waals surface area contributed by atoms with Gasteiger partial charge >= 0.3 is 5.97 Å². The number of carbonyl (C=O) groups excluding carboxylic acids is 1. The average Bonchev–Trinajstić information content (AvgIpc) is 2.90. The summed E-state index contributed by atoms with van der Waals surface area (Å²) >= 11 is 5.97. The highest BCUT2D eigenvalue weighted by atomic mass is 35.5. The molecule has 1 aliphatic carbocycles. The molecule has 1 aromatic heterocycles. The second-order valence-corrected chi connectivity index (χ2v) is 4.96. The fourth-order valence-corrected chi connectivity index (χ4v) is 2.59. The molecular weight excluding hydrogens is 264 g/mol. The van der Waals surface area contributed by atoms with Crippen molar-refractivity contribution >= 4 is 29.3 Å². The molecule has 4 nitrogen and oxygen atoms in total. The van der Waals surface area contributed by atoms with E-state index in [9.17, 15) is 4.79 Å². The molecule has 19 heavy (non-hydrogen) atoms. The van der Waals surface area contributed by atoms with Gasteiger partial charge in [-0.25, -0.2) is 9.78 Å². The molecule has 0 saturated heterocycles. The Morgan fingerprint density at radius 2 is 2.26 bits per heavy atom. The number of nitrogens with zero attached hydrogens (tertiary/aromatic N) is 1. The van der Waals surface area contributed by atoms with E-state index in [-0.39, 0.29) is 10.8 Å². The lowest BCUT2D eigenvalue weighted by molar-refractivity contribution is 0.0594. The first-order valence-electron chi connectivity index (χ1n) is 6.33. The van der Waals surface area contributed by atoms with Crippen molar-refractivity contribution < 1.29 is 9.53 Å². The highest BCUT2D eigenvalue weighted by Crippen LogP contribution is 2.28. The van der Waals surface area contributed by atoms with Crippen LogP contribution >= 0.6 is 11.6 Å². The van der Waals surface area contributed by atoms with Crippen molar-refractivity contribution in [3.63, 3.8) is 0 Å². The lowest BCUT2D eigenvalue weighted by Gasteiger charge is -2.17. The maximum atomic E-state index is 11.7. The van der Waals surface area contributed by atoms with Crippen LogP contribution in [0.3, 0.4) is 0 Å². The van der Waals surface area contributed by atoms with Gasteiger partial charge in [0, 0.05) is 17.3 Å². The van der Waals surface area contributed by atoms with Gasteiger partial charge in [-0.05, 0) is 18.9 Å². The Kier molecular flexibility index (Phi) is 4.43. The van der Waals surface area contributed by atoms with Crippen molar-refractivity contribution in [3.05, 3.63) is 29.1 Å². The van der Waals surface area contributed by atoms with E-state index in [2.05, 4.69) is 16.9 Å². The molecular formula is C14H17ClN2O2. The molecule has 1 N–H and O–H groups in total. The average molecular weight is 281 g/mol. The molecule has 1 fully saturated rings. The number of ether oxygens (including phenoxy) is 1. The number of methoxy groups -OCH3 is 1. The molecule has 0 amide bonds. The lowest BCUT2D eigenvalue weighted by atomic mass is 10.1. The second-order valence-electron chi connectivity index (χ2n) is 4.58. The zero-order valence-electron chi connectivity index (χ0n) is 10.9. The first-order chi connectivity index (χ1) is 9.15. The van der Waals surface area contributed by atoms with E-state index in [4.69, 9.17) is 16.3 Å². The van der Waals surface area contributed by atoms with Gasteiger partial charge in [0.15, 0.2) is 5.69 Å². The Hall–Kier alpha value is -1.55. The van der Waals surface area contributed by atoms with E-state index in [0.29, 0.717) is 11.6 Å². The van der Waals surface area contributed by atoms with E-state index in [1.165, 1.54) is 20.0 Å². The van der Waals surface area contributed by atoms with Gasteiger partial charge in [0.2, 0.25) is 0 Å². The summed E-state index contributed by atoms with van der Waals surface area (Å²) in [7, 11) is 1.32. The van der Waals surface area contributed by atoms with E-state index in [1.807, 2.05) is 0 Å². The van der Waals surface area contributed by atoms with Gasteiger partial charge in [-0.15, -0.1) is 0 Å². The highest BCUT2D eigenvalue weighted by molar-refractivity contribution is 6.30. The zero-order chi connectivity index (χ0) is 13.8. The van der Waals surface area contributed by atoms with E-state index in [1.54, 1.807) is 12.1 Å². The summed E-state index contributed by atoms with van der Waals surface area (Å²) in [4.78, 5) is 15.7. The molecule has 0 aliphatic heterocycles. The fraction of sp³-hybridized carbons (Fsp3) is 0.429. The van der Waals surface area contributed by atoms with E-state index in [0.717, 1.165) is 18.5 Å². The van der Waals surface area contributed by atoms with E-state index >= 15 is 0 Å². The number of rotatable bonds is 4. The van der Waals surface area contributed by atoms with Crippen LogP contribution in [-0.4, -0.2) is 24.1 Å². The first-order valence-corrected chi connectivity index (χ1v) is 6.71. The largest absolute Gasteiger partial charge is 0.464 e. The molecule has 5 heteroatoms. The van der Waals surface area contributed by atoms with Gasteiger partial charge in [-0.3, -0.25) is 0 Å². The number of carbonyl (C=O) groups is 1. The predicted octanol–water partition coefficient (Wildman–Crippen LogP) is 3.52. The molecule has 0 unspecified atom stereocenters. The van der Waals surface area contributed by atoms with Crippen LogP contribution in [0.5, 0.6) is 0 Å². The van der Waals surface area contributed by atoms with Crippen molar-refractivity contribution in [2.24, 2.45) is 0 Å². The third kappa shape index (κ3) is 3.07. The Morgan fingerprint density at radius 1 is 1.58 bits per heavy atom. The molecule has 2 rings (SSSR count). The normalized spacial score (nSPS) is 15.3. The number of nitrogens with one attached hydrogen (secondary N) is 1. The molecule has 1 aromatic rings. The monoisotopic (exact) mass is 280 g/mol. The molecule has 1 aliphatic rings. The molecule has 0 spiro atoms. The van der Waals surface area contributed by atoms with E-state index < -0.39 is 5.97 Å². The number of hydrogen-bond donors (Lipinski definition) is 1. The molecule has 0 aromatic carbocycles. The summed E-state index contributed by atoms with van der Waals surface area (Å²) in [6.07, 6.45) is 6.31. The van der Waals surface area contributed by atoms with Gasteiger partial charge in [-0.1, -0.05) is 37.1 Å². The third-order valence-electron chi connectivity index (χ3n) is 3.33. The molecule has 102 valence electrons. The van der Waals surface area contributed by atoms with Crippen molar-refractivity contribution in [1.82, 2.24) is 4.98 Å². The maximum Gasteiger partial charge on any atom is 0.357 e. The van der Waals surface area contributed by atoms with Gasteiger partial charge in [-0.2, -0.15) is 0 Å². The maximum absolute atomic E-state index is 11.7. The molecule has 0 radical (unpaired) electrons. The van der Waals surface area contributed by atoms with Gasteiger partial charge in [0.1, 0.15) is 5.15 Å². The van der Waals surface area contributed by atoms with Crippen LogP contribution in [0.25, 0.3) is 6.08 Å². The third-order valence-corrected chi connectivity index (χ3v) is 3.52. The standard InChI is InChI=1S/C14H17ClN2O2/c1-3-10-11(16-9-6-4-5-7-9)8-12(15)17-13(10)14(18)19-2/h3,8-9H,1,4-7H2,2H3,(H,16,17). The van der Waals surface area contributed by atoms with Crippen LogP contribution in [0.15, 0.2) is 12.6 Å². The summed E-state index contributed by atoms with van der Waals surface area (Å²) in [5.41, 5.74) is 1.64. The van der Waals surface area contributed by atoms with Crippen LogP contribution in [-0.2, 0) is 4.74 Å². The Labute approximate surface area is 117 Å². The van der Waals surface area contributed by atoms with Gasteiger partial charge in [0.25, 0.3) is 0 Å². The minimum absolute atomic E-state index is 0.200. The summed E-state index contributed by atoms with van der Waals surface area (Å²) in [5, 5.41) is 3.69. The van der Waals surface area contributed by atoms with Crippen LogP contribution < -0.4 is 5.32 Å². The van der Waals surface area contributed by atoms with Crippen LogP contribution in [0.2, 0.25) is 5.15 Å². The topological polar surface area (TPSA) is 51.2 Å². The highest BCUT2D eigenvalue weighted by Gasteiger charge is 2.20. The predicted molar refractivity (Wildman–Crippen MR) is 76.6 cm³/mol. The molecule has 0 atom stereocenters. The van der Waals surface area contributed by atoms with Crippen LogP contribution in [0, 0.1) is 0 Å². The molecule has 1 heterocycles. The Bertz CT molecular complexity index is 496. The number of aromatic nitrogens is 1. The van der Waals surface area contributed by atoms with Crippen molar-refractivity contribution in [3.8, 4) is 0 Å². The summed E-state index contributed by atoms with van der Waals surface area (Å²) < 4.78 is 4.72. The van der Waals surface area contributed by atoms with Crippen molar-refractivity contribution in [2.45, 2.75) is 31.7 Å². The number of esters is 1. The molecule has 0 bridgehead atoms. The smallest absolute Gasteiger partial charge is 0.357 e. The quantitative estimate of drug-likeness (QED) is 0.677. The van der Waals surface area contributed by atoms with Crippen molar-refractivity contribution in [2.75, 3.05) is 12.4 Å². The molecule has 1 saturated carbocycles. The lowest BCUT2D eigenvalue weighted by Crippen LogP contribution is -2.17. The minimum atomic E-state index is -0.508. The summed E-state index contributed by atoms with van der Waals surface area (Å²) in [6, 6.07) is 2.14. The minimum Gasteiger partial charge on any atom is -0.464 e. The summed E-state index contributed by atoms with van der Waals surface area (Å²) in [5.74, 6) is -0.508. The number of hydrogen-bond acceptors (Lipinski definition) is 4. The number of anilines is 1. The summed E-state index contributed by atoms with van der Waals surface area (Å²) in [6.45, 7) is 3.74. The Balaban J connectivity index is 2.37. The van der Waals surface area contributed by atoms with Crippen molar-refractivity contribution in [1.29, 1.82) is 0 Å². The SMILES string of the molecule is C=Cc1c(NC2CCCC2)cc(Cl)nc1C(=O)OC. The van der Waals surface area contributed by atoms with Gasteiger partial charge < -0.3 is 10.1 Å². The number of halogens is 1. The first kappa shape index (κ1) is 13.9. The zero-order valence-corrected chi connectivity index (χ0v) is 11.7. The fourth-order valence-electron chi connectivity index (χ4n) is 2.39. The van der Waals surface area contributed by atoms with Crippen LogP contribution in [0.4, 0.5) is 5.69 Å². The van der Waals surface area contributed by atoms with Gasteiger partial charge in [0.05, 0.1) is 7.11 Å².